The number of amides is 1. The molecule has 1 aliphatic carbocycles. The van der Waals surface area contributed by atoms with Gasteiger partial charge >= 0.3 is 0 Å². The molecule has 0 aromatic carbocycles. The molecule has 1 saturated carbocycles. The Kier molecular flexibility index (Phi) is 5.88. The molecule has 1 aliphatic rings. The van der Waals surface area contributed by atoms with E-state index in [2.05, 4.69) is 20.4 Å². The monoisotopic (exact) mass is 332 g/mol. The fourth-order valence-electron chi connectivity index (χ4n) is 1.98. The van der Waals surface area contributed by atoms with E-state index in [1.54, 1.807) is 10.7 Å². The Morgan fingerprint density at radius 2 is 2.24 bits per heavy atom. The van der Waals surface area contributed by atoms with Gasteiger partial charge in [-0.15, -0.1) is 29.9 Å². The van der Waals surface area contributed by atoms with Crippen LogP contribution in [-0.4, -0.2) is 38.1 Å². The SMILES string of the molecule is Cc1ccnc2nc(C(=O)NCC(N)C3CC3)nn12.Cl.Cl. The van der Waals surface area contributed by atoms with Crippen LogP contribution in [0.25, 0.3) is 5.78 Å². The molecule has 0 spiro atoms. The summed E-state index contributed by atoms with van der Waals surface area (Å²) in [6, 6.07) is 1.84. The van der Waals surface area contributed by atoms with E-state index >= 15 is 0 Å². The summed E-state index contributed by atoms with van der Waals surface area (Å²) in [5, 5.41) is 6.91. The molecule has 3 rings (SSSR count). The van der Waals surface area contributed by atoms with Gasteiger partial charge in [0, 0.05) is 24.5 Å². The Morgan fingerprint density at radius 1 is 1.52 bits per heavy atom. The molecule has 2 aromatic rings. The summed E-state index contributed by atoms with van der Waals surface area (Å²) in [5.74, 6) is 0.806. The lowest BCUT2D eigenvalue weighted by Crippen LogP contribution is -2.38. The number of carbonyl (C=O) groups excluding carboxylic acids is 1. The van der Waals surface area contributed by atoms with Crippen LogP contribution < -0.4 is 11.1 Å². The lowest BCUT2D eigenvalue weighted by atomic mass is 10.2. The number of halogens is 2. The number of fused-ring (bicyclic) bond motifs is 1. The van der Waals surface area contributed by atoms with Crippen molar-refractivity contribution in [3.05, 3.63) is 23.8 Å². The minimum absolute atomic E-state index is 0. The zero-order valence-electron chi connectivity index (χ0n) is 11.5. The van der Waals surface area contributed by atoms with Crippen LogP contribution in [0.2, 0.25) is 0 Å². The second kappa shape index (κ2) is 7.02. The number of nitrogens with two attached hydrogens (primary N) is 1. The van der Waals surface area contributed by atoms with Gasteiger partial charge in [-0.2, -0.15) is 4.98 Å². The summed E-state index contributed by atoms with van der Waals surface area (Å²) in [6.45, 7) is 2.35. The standard InChI is InChI=1S/C12H16N6O.2ClH/c1-7-4-5-14-12-16-10(17-18(7)12)11(19)15-6-9(13)8-2-3-8;;/h4-5,8-9H,2-3,6,13H2,1H3,(H,15,19);2*1H. The number of aryl methyl sites for hydroxylation is 1. The van der Waals surface area contributed by atoms with Crippen LogP contribution in [0.1, 0.15) is 29.2 Å². The van der Waals surface area contributed by atoms with Crippen molar-refractivity contribution in [1.29, 1.82) is 0 Å². The summed E-state index contributed by atoms with van der Waals surface area (Å²) in [7, 11) is 0. The van der Waals surface area contributed by atoms with Crippen LogP contribution in [0.3, 0.4) is 0 Å². The number of carbonyl (C=O) groups is 1. The van der Waals surface area contributed by atoms with Gasteiger partial charge in [-0.3, -0.25) is 4.79 Å². The van der Waals surface area contributed by atoms with E-state index in [1.807, 2.05) is 13.0 Å². The minimum atomic E-state index is -0.305. The predicted octanol–water partition coefficient (Wildman–Crippen LogP) is 0.743. The molecule has 0 radical (unpaired) electrons. The molecule has 0 saturated heterocycles. The van der Waals surface area contributed by atoms with Crippen molar-refractivity contribution in [3.8, 4) is 0 Å². The van der Waals surface area contributed by atoms with Crippen LogP contribution in [0.15, 0.2) is 12.3 Å². The first kappa shape index (κ1) is 17.6. The summed E-state index contributed by atoms with van der Waals surface area (Å²) in [4.78, 5) is 20.1. The maximum Gasteiger partial charge on any atom is 0.291 e. The first-order valence-electron chi connectivity index (χ1n) is 6.37. The van der Waals surface area contributed by atoms with Gasteiger partial charge in [0.15, 0.2) is 0 Å². The second-order valence-electron chi connectivity index (χ2n) is 4.94. The smallest absolute Gasteiger partial charge is 0.291 e. The highest BCUT2D eigenvalue weighted by Crippen LogP contribution is 2.31. The third-order valence-electron chi connectivity index (χ3n) is 3.36. The van der Waals surface area contributed by atoms with Crippen LogP contribution >= 0.6 is 24.8 Å². The van der Waals surface area contributed by atoms with Crippen LogP contribution in [0.4, 0.5) is 0 Å². The molecule has 0 bridgehead atoms. The molecule has 1 atom stereocenters. The van der Waals surface area contributed by atoms with Crippen molar-refractivity contribution in [1.82, 2.24) is 24.9 Å². The molecule has 21 heavy (non-hydrogen) atoms. The number of hydrogen-bond donors (Lipinski definition) is 2. The predicted molar refractivity (Wildman–Crippen MR) is 83.0 cm³/mol. The first-order valence-corrected chi connectivity index (χ1v) is 6.37. The Hall–Kier alpha value is -1.44. The molecule has 3 N–H and O–H groups in total. The largest absolute Gasteiger partial charge is 0.348 e. The number of aromatic nitrogens is 4. The van der Waals surface area contributed by atoms with E-state index in [-0.39, 0.29) is 42.6 Å². The second-order valence-corrected chi connectivity index (χ2v) is 4.94. The zero-order chi connectivity index (χ0) is 13.4. The van der Waals surface area contributed by atoms with Gasteiger partial charge < -0.3 is 11.1 Å². The highest BCUT2D eigenvalue weighted by Gasteiger charge is 2.28. The molecule has 0 aliphatic heterocycles. The van der Waals surface area contributed by atoms with E-state index in [0.717, 1.165) is 18.5 Å². The molecule has 1 amide bonds. The summed E-state index contributed by atoms with van der Waals surface area (Å²) in [5.41, 5.74) is 6.81. The summed E-state index contributed by atoms with van der Waals surface area (Å²) >= 11 is 0. The summed E-state index contributed by atoms with van der Waals surface area (Å²) in [6.07, 6.45) is 3.96. The van der Waals surface area contributed by atoms with Gasteiger partial charge in [0.2, 0.25) is 5.82 Å². The third kappa shape index (κ3) is 3.81. The Balaban J connectivity index is 0.00000110. The highest BCUT2D eigenvalue weighted by molar-refractivity contribution is 5.90. The lowest BCUT2D eigenvalue weighted by molar-refractivity contribution is 0.0940. The molecule has 1 fully saturated rings. The van der Waals surface area contributed by atoms with Gasteiger partial charge in [-0.05, 0) is 31.7 Å². The topological polar surface area (TPSA) is 98.2 Å². The van der Waals surface area contributed by atoms with Crippen molar-refractivity contribution in [2.75, 3.05) is 6.54 Å². The number of nitrogens with one attached hydrogen (secondary N) is 1. The van der Waals surface area contributed by atoms with Crippen LogP contribution in [0.5, 0.6) is 0 Å². The minimum Gasteiger partial charge on any atom is -0.348 e. The summed E-state index contributed by atoms with van der Waals surface area (Å²) < 4.78 is 1.55. The van der Waals surface area contributed by atoms with Gasteiger partial charge in [0.05, 0.1) is 0 Å². The Labute approximate surface area is 134 Å². The average molecular weight is 333 g/mol. The van der Waals surface area contributed by atoms with Crippen molar-refractivity contribution in [2.45, 2.75) is 25.8 Å². The average Bonchev–Trinajstić information content (AvgIpc) is 3.15. The molecular formula is C12H18Cl2N6O. The van der Waals surface area contributed by atoms with E-state index in [1.165, 1.54) is 0 Å². The number of hydrogen-bond acceptors (Lipinski definition) is 5. The molecule has 2 aromatic heterocycles. The first-order chi connectivity index (χ1) is 9.15. The normalized spacial score (nSPS) is 15.0. The van der Waals surface area contributed by atoms with Crippen LogP contribution in [0, 0.1) is 12.8 Å². The Bertz CT molecular complexity index is 627. The van der Waals surface area contributed by atoms with E-state index in [0.29, 0.717) is 18.2 Å². The quantitative estimate of drug-likeness (QED) is 0.860. The van der Waals surface area contributed by atoms with E-state index < -0.39 is 0 Å². The van der Waals surface area contributed by atoms with Gasteiger partial charge in [-0.1, -0.05) is 0 Å². The molecular weight excluding hydrogens is 315 g/mol. The zero-order valence-corrected chi connectivity index (χ0v) is 13.2. The van der Waals surface area contributed by atoms with Gasteiger partial charge in [0.1, 0.15) is 0 Å². The molecule has 2 heterocycles. The molecule has 7 nitrogen and oxygen atoms in total. The van der Waals surface area contributed by atoms with Crippen LogP contribution in [-0.2, 0) is 0 Å². The highest BCUT2D eigenvalue weighted by atomic mass is 35.5. The van der Waals surface area contributed by atoms with Gasteiger partial charge in [-0.25, -0.2) is 9.50 Å². The van der Waals surface area contributed by atoms with E-state index in [9.17, 15) is 4.79 Å². The molecule has 9 heteroatoms. The maximum atomic E-state index is 11.9. The third-order valence-corrected chi connectivity index (χ3v) is 3.36. The number of rotatable bonds is 4. The molecule has 116 valence electrons. The number of nitrogens with zero attached hydrogens (tertiary/aromatic N) is 4. The Morgan fingerprint density at radius 3 is 2.86 bits per heavy atom. The van der Waals surface area contributed by atoms with Crippen molar-refractivity contribution in [2.24, 2.45) is 11.7 Å². The fourth-order valence-corrected chi connectivity index (χ4v) is 1.98. The fraction of sp³-hybridized carbons (Fsp3) is 0.500. The van der Waals surface area contributed by atoms with Crippen molar-refractivity contribution >= 4 is 36.5 Å². The van der Waals surface area contributed by atoms with Gasteiger partial charge in [0.25, 0.3) is 11.7 Å². The maximum absolute atomic E-state index is 11.9. The molecule has 1 unspecified atom stereocenters. The van der Waals surface area contributed by atoms with Crippen molar-refractivity contribution in [3.63, 3.8) is 0 Å². The lowest BCUT2D eigenvalue weighted by Gasteiger charge is -2.09. The van der Waals surface area contributed by atoms with Crippen molar-refractivity contribution < 1.29 is 4.79 Å². The van der Waals surface area contributed by atoms with E-state index in [4.69, 9.17) is 5.73 Å².